The van der Waals surface area contributed by atoms with E-state index in [0.29, 0.717) is 29.3 Å². The molecule has 0 aliphatic carbocycles. The molecule has 1 heterocycles. The molecule has 0 aromatic heterocycles. The zero-order valence-corrected chi connectivity index (χ0v) is 16.3. The molecule has 7 nitrogen and oxygen atoms in total. The SMILES string of the molecule is COCC(=O)N1CCCc2cc(NC(=O)c3cc(OC)cc(OC)c3)ccc21. The number of nitrogens with one attached hydrogen (secondary N) is 1. The molecule has 0 fully saturated rings. The fourth-order valence-electron chi connectivity index (χ4n) is 3.28. The molecule has 7 heteroatoms. The van der Waals surface area contributed by atoms with Crippen LogP contribution in [0.3, 0.4) is 0 Å². The second-order valence-electron chi connectivity index (χ2n) is 6.48. The quantitative estimate of drug-likeness (QED) is 0.829. The van der Waals surface area contributed by atoms with Crippen molar-refractivity contribution in [2.75, 3.05) is 44.7 Å². The number of benzene rings is 2. The molecule has 1 aliphatic heterocycles. The number of anilines is 2. The molecule has 0 radical (unpaired) electrons. The molecule has 0 unspecified atom stereocenters. The van der Waals surface area contributed by atoms with Gasteiger partial charge in [-0.15, -0.1) is 0 Å². The Morgan fingerprint density at radius 1 is 1.04 bits per heavy atom. The minimum Gasteiger partial charge on any atom is -0.497 e. The molecule has 2 aromatic carbocycles. The predicted molar refractivity (Wildman–Crippen MR) is 106 cm³/mol. The van der Waals surface area contributed by atoms with Crippen LogP contribution in [0.25, 0.3) is 0 Å². The Labute approximate surface area is 164 Å². The number of carbonyl (C=O) groups is 2. The minimum absolute atomic E-state index is 0.0512. The lowest BCUT2D eigenvalue weighted by Crippen LogP contribution is -2.37. The second kappa shape index (κ2) is 8.75. The number of aryl methyl sites for hydroxylation is 1. The summed E-state index contributed by atoms with van der Waals surface area (Å²) >= 11 is 0. The number of ether oxygens (including phenoxy) is 3. The number of hydrogen-bond donors (Lipinski definition) is 1. The Hall–Kier alpha value is -3.06. The van der Waals surface area contributed by atoms with Crippen LogP contribution < -0.4 is 19.7 Å². The summed E-state index contributed by atoms with van der Waals surface area (Å²) in [5, 5.41) is 2.90. The number of hydrogen-bond acceptors (Lipinski definition) is 5. The van der Waals surface area contributed by atoms with Gasteiger partial charge in [-0.3, -0.25) is 9.59 Å². The average Bonchev–Trinajstić information content (AvgIpc) is 2.72. The lowest BCUT2D eigenvalue weighted by molar-refractivity contribution is -0.122. The number of carbonyl (C=O) groups excluding carboxylic acids is 2. The van der Waals surface area contributed by atoms with Gasteiger partial charge in [0.15, 0.2) is 0 Å². The third-order valence-corrected chi connectivity index (χ3v) is 4.64. The fourth-order valence-corrected chi connectivity index (χ4v) is 3.28. The van der Waals surface area contributed by atoms with Crippen molar-refractivity contribution >= 4 is 23.2 Å². The number of methoxy groups -OCH3 is 3. The Bertz CT molecular complexity index is 859. The van der Waals surface area contributed by atoms with Gasteiger partial charge in [-0.1, -0.05) is 0 Å². The molecule has 1 N–H and O–H groups in total. The fraction of sp³-hybridized carbons (Fsp3) is 0.333. The first kappa shape index (κ1) is 19.7. The van der Waals surface area contributed by atoms with E-state index >= 15 is 0 Å². The number of nitrogens with zero attached hydrogens (tertiary/aromatic N) is 1. The molecule has 2 aromatic rings. The predicted octanol–water partition coefficient (Wildman–Crippen LogP) is 2.88. The molecular formula is C21H24N2O5. The normalized spacial score (nSPS) is 12.9. The maximum atomic E-state index is 12.7. The highest BCUT2D eigenvalue weighted by molar-refractivity contribution is 6.05. The van der Waals surface area contributed by atoms with Crippen LogP contribution in [0.2, 0.25) is 0 Å². The summed E-state index contributed by atoms with van der Waals surface area (Å²) in [7, 11) is 4.59. The number of fused-ring (bicyclic) bond motifs is 1. The second-order valence-corrected chi connectivity index (χ2v) is 6.48. The van der Waals surface area contributed by atoms with Gasteiger partial charge in [0.2, 0.25) is 0 Å². The Balaban J connectivity index is 1.81. The maximum absolute atomic E-state index is 12.7. The molecular weight excluding hydrogens is 360 g/mol. The van der Waals surface area contributed by atoms with Crippen LogP contribution in [0.4, 0.5) is 11.4 Å². The molecule has 0 spiro atoms. The van der Waals surface area contributed by atoms with E-state index in [0.717, 1.165) is 24.1 Å². The summed E-state index contributed by atoms with van der Waals surface area (Å²) in [5.41, 5.74) is 3.00. The first-order chi connectivity index (χ1) is 13.5. The molecule has 0 saturated heterocycles. The summed E-state index contributed by atoms with van der Waals surface area (Å²) in [6, 6.07) is 10.6. The Kier molecular flexibility index (Phi) is 6.16. The van der Waals surface area contributed by atoms with Gasteiger partial charge in [-0.25, -0.2) is 0 Å². The van der Waals surface area contributed by atoms with Crippen molar-refractivity contribution in [1.82, 2.24) is 0 Å². The van der Waals surface area contributed by atoms with Gasteiger partial charge in [-0.05, 0) is 48.7 Å². The summed E-state index contributed by atoms with van der Waals surface area (Å²) in [5.74, 6) is 0.758. The van der Waals surface area contributed by atoms with Gasteiger partial charge in [-0.2, -0.15) is 0 Å². The van der Waals surface area contributed by atoms with Gasteiger partial charge < -0.3 is 24.4 Å². The highest BCUT2D eigenvalue weighted by Gasteiger charge is 2.22. The van der Waals surface area contributed by atoms with Crippen LogP contribution in [-0.4, -0.2) is 46.3 Å². The lowest BCUT2D eigenvalue weighted by Gasteiger charge is -2.29. The molecule has 0 saturated carbocycles. The summed E-state index contributed by atoms with van der Waals surface area (Å²) in [6.45, 7) is 0.722. The highest BCUT2D eigenvalue weighted by Crippen LogP contribution is 2.30. The van der Waals surface area contributed by atoms with Crippen molar-refractivity contribution in [3.05, 3.63) is 47.5 Å². The average molecular weight is 384 g/mol. The zero-order chi connectivity index (χ0) is 20.1. The van der Waals surface area contributed by atoms with E-state index in [1.54, 1.807) is 29.2 Å². The van der Waals surface area contributed by atoms with Crippen molar-refractivity contribution < 1.29 is 23.8 Å². The monoisotopic (exact) mass is 384 g/mol. The first-order valence-corrected chi connectivity index (χ1v) is 9.02. The molecule has 0 atom stereocenters. The van der Waals surface area contributed by atoms with Crippen molar-refractivity contribution in [2.45, 2.75) is 12.8 Å². The molecule has 2 amide bonds. The summed E-state index contributed by atoms with van der Waals surface area (Å²) < 4.78 is 15.4. The third-order valence-electron chi connectivity index (χ3n) is 4.64. The standard InChI is InChI=1S/C21H24N2O5/c1-26-13-20(24)23-8-4-5-14-9-16(6-7-19(14)23)22-21(25)15-10-17(27-2)12-18(11-15)28-3/h6-7,9-12H,4-5,8,13H2,1-3H3,(H,22,25). The van der Waals surface area contributed by atoms with Crippen LogP contribution in [0.5, 0.6) is 11.5 Å². The van der Waals surface area contributed by atoms with Crippen LogP contribution in [0, 0.1) is 0 Å². The molecule has 148 valence electrons. The van der Waals surface area contributed by atoms with Crippen molar-refractivity contribution in [2.24, 2.45) is 0 Å². The van der Waals surface area contributed by atoms with E-state index < -0.39 is 0 Å². The zero-order valence-electron chi connectivity index (χ0n) is 16.3. The largest absolute Gasteiger partial charge is 0.497 e. The smallest absolute Gasteiger partial charge is 0.255 e. The Morgan fingerprint density at radius 2 is 1.75 bits per heavy atom. The maximum Gasteiger partial charge on any atom is 0.255 e. The minimum atomic E-state index is -0.264. The molecule has 0 bridgehead atoms. The van der Waals surface area contributed by atoms with Crippen LogP contribution in [0.1, 0.15) is 22.3 Å². The van der Waals surface area contributed by atoms with Gasteiger partial charge in [0.25, 0.3) is 11.8 Å². The lowest BCUT2D eigenvalue weighted by atomic mass is 10.0. The van der Waals surface area contributed by atoms with E-state index in [1.807, 2.05) is 12.1 Å². The topological polar surface area (TPSA) is 77.1 Å². The van der Waals surface area contributed by atoms with E-state index in [1.165, 1.54) is 21.3 Å². The van der Waals surface area contributed by atoms with E-state index in [-0.39, 0.29) is 18.4 Å². The van der Waals surface area contributed by atoms with E-state index in [4.69, 9.17) is 14.2 Å². The van der Waals surface area contributed by atoms with Crippen molar-refractivity contribution in [3.8, 4) is 11.5 Å². The van der Waals surface area contributed by atoms with Crippen molar-refractivity contribution in [3.63, 3.8) is 0 Å². The molecule has 28 heavy (non-hydrogen) atoms. The van der Waals surface area contributed by atoms with E-state index in [2.05, 4.69) is 5.32 Å². The molecule has 3 rings (SSSR count). The third kappa shape index (κ3) is 4.26. The molecule has 1 aliphatic rings. The van der Waals surface area contributed by atoms with E-state index in [9.17, 15) is 9.59 Å². The number of amides is 2. The highest BCUT2D eigenvalue weighted by atomic mass is 16.5. The van der Waals surface area contributed by atoms with Crippen molar-refractivity contribution in [1.29, 1.82) is 0 Å². The summed E-state index contributed by atoms with van der Waals surface area (Å²) in [6.07, 6.45) is 1.72. The summed E-state index contributed by atoms with van der Waals surface area (Å²) in [4.78, 5) is 26.6. The Morgan fingerprint density at radius 3 is 2.39 bits per heavy atom. The van der Waals surface area contributed by atoms with Crippen LogP contribution in [0.15, 0.2) is 36.4 Å². The van der Waals surface area contributed by atoms with Gasteiger partial charge in [0.05, 0.1) is 14.2 Å². The van der Waals surface area contributed by atoms with Gasteiger partial charge in [0.1, 0.15) is 18.1 Å². The van der Waals surface area contributed by atoms with Crippen LogP contribution in [-0.2, 0) is 16.0 Å². The first-order valence-electron chi connectivity index (χ1n) is 9.02. The van der Waals surface area contributed by atoms with Crippen LogP contribution >= 0.6 is 0 Å². The van der Waals surface area contributed by atoms with Gasteiger partial charge in [0, 0.05) is 36.7 Å². The van der Waals surface area contributed by atoms with Gasteiger partial charge >= 0.3 is 0 Å². The number of rotatable bonds is 6.